The van der Waals surface area contributed by atoms with Crippen molar-refractivity contribution in [2.75, 3.05) is 19.6 Å². The highest BCUT2D eigenvalue weighted by molar-refractivity contribution is 6.30. The number of amides is 2. The summed E-state index contributed by atoms with van der Waals surface area (Å²) in [5.41, 5.74) is 1.08. The van der Waals surface area contributed by atoms with Crippen LogP contribution in [-0.4, -0.2) is 41.6 Å². The average molecular weight is 313 g/mol. The Bertz CT molecular complexity index is 476. The van der Waals surface area contributed by atoms with Gasteiger partial charge in [-0.2, -0.15) is 0 Å². The van der Waals surface area contributed by atoms with E-state index in [9.17, 15) is 9.59 Å². The summed E-state index contributed by atoms with van der Waals surface area (Å²) in [7, 11) is 0. The molecule has 21 heavy (non-hydrogen) atoms. The van der Waals surface area contributed by atoms with Crippen LogP contribution in [0.15, 0.2) is 24.3 Å². The number of aliphatic carboxylic acids is 1. The smallest absolute Gasteiger partial charge is 0.317 e. The van der Waals surface area contributed by atoms with Crippen molar-refractivity contribution in [1.29, 1.82) is 0 Å². The van der Waals surface area contributed by atoms with Gasteiger partial charge in [-0.3, -0.25) is 4.79 Å². The molecule has 0 aliphatic carbocycles. The van der Waals surface area contributed by atoms with Crippen molar-refractivity contribution in [1.82, 2.24) is 10.2 Å². The first-order valence-electron chi connectivity index (χ1n) is 6.94. The summed E-state index contributed by atoms with van der Waals surface area (Å²) in [4.78, 5) is 24.3. The van der Waals surface area contributed by atoms with E-state index in [2.05, 4.69) is 5.32 Å². The molecule has 5 nitrogen and oxygen atoms in total. The van der Waals surface area contributed by atoms with Gasteiger partial charge in [0.1, 0.15) is 0 Å². The minimum atomic E-state index is -0.901. The van der Waals surface area contributed by atoms with Gasteiger partial charge >= 0.3 is 12.0 Å². The van der Waals surface area contributed by atoms with Crippen molar-refractivity contribution < 1.29 is 14.7 Å². The molecule has 116 valence electrons. The fourth-order valence-corrected chi connectivity index (χ4v) is 1.97. The number of hydrogen-bond acceptors (Lipinski definition) is 2. The Morgan fingerprint density at radius 3 is 2.48 bits per heavy atom. The molecule has 0 radical (unpaired) electrons. The number of carbonyl (C=O) groups excluding carboxylic acids is 1. The number of nitrogens with zero attached hydrogens (tertiary/aromatic N) is 1. The highest BCUT2D eigenvalue weighted by atomic mass is 35.5. The molecule has 0 spiro atoms. The monoisotopic (exact) mass is 312 g/mol. The van der Waals surface area contributed by atoms with E-state index in [1.165, 1.54) is 4.90 Å². The molecule has 1 atom stereocenters. The van der Waals surface area contributed by atoms with Gasteiger partial charge in [-0.1, -0.05) is 30.7 Å². The number of urea groups is 1. The zero-order valence-electron chi connectivity index (χ0n) is 12.3. The third-order valence-corrected chi connectivity index (χ3v) is 3.44. The molecule has 0 heterocycles. The number of carboxylic acid groups (broad SMARTS) is 1. The lowest BCUT2D eigenvalue weighted by atomic mass is 10.1. The van der Waals surface area contributed by atoms with E-state index in [1.54, 1.807) is 6.92 Å². The predicted molar refractivity (Wildman–Crippen MR) is 82.6 cm³/mol. The normalized spacial score (nSPS) is 11.8. The van der Waals surface area contributed by atoms with Gasteiger partial charge in [0, 0.05) is 24.7 Å². The summed E-state index contributed by atoms with van der Waals surface area (Å²) in [6, 6.07) is 7.22. The van der Waals surface area contributed by atoms with Crippen molar-refractivity contribution in [3.05, 3.63) is 34.9 Å². The van der Waals surface area contributed by atoms with Gasteiger partial charge < -0.3 is 15.3 Å². The number of carboxylic acids is 1. The number of rotatable bonds is 7. The zero-order valence-corrected chi connectivity index (χ0v) is 13.1. The van der Waals surface area contributed by atoms with Crippen LogP contribution < -0.4 is 5.32 Å². The van der Waals surface area contributed by atoms with Gasteiger partial charge in [-0.15, -0.1) is 0 Å². The summed E-state index contributed by atoms with van der Waals surface area (Å²) >= 11 is 5.81. The van der Waals surface area contributed by atoms with Crippen LogP contribution in [0.25, 0.3) is 0 Å². The maximum Gasteiger partial charge on any atom is 0.317 e. The Morgan fingerprint density at radius 2 is 1.95 bits per heavy atom. The molecule has 0 aliphatic rings. The van der Waals surface area contributed by atoms with Crippen molar-refractivity contribution in [2.45, 2.75) is 20.3 Å². The van der Waals surface area contributed by atoms with Gasteiger partial charge in [0.05, 0.1) is 5.92 Å². The van der Waals surface area contributed by atoms with E-state index in [0.29, 0.717) is 24.5 Å². The van der Waals surface area contributed by atoms with Crippen LogP contribution in [0.3, 0.4) is 0 Å². The van der Waals surface area contributed by atoms with Crippen molar-refractivity contribution in [3.63, 3.8) is 0 Å². The topological polar surface area (TPSA) is 69.6 Å². The Hall–Kier alpha value is -1.75. The molecule has 1 unspecified atom stereocenters. The summed E-state index contributed by atoms with van der Waals surface area (Å²) in [6.07, 6.45) is 0.703. The van der Waals surface area contributed by atoms with Gasteiger partial charge in [-0.25, -0.2) is 4.79 Å². The lowest BCUT2D eigenvalue weighted by Gasteiger charge is -2.23. The second-order valence-electron chi connectivity index (χ2n) is 4.89. The largest absolute Gasteiger partial charge is 0.481 e. The maximum atomic E-state index is 12.0. The van der Waals surface area contributed by atoms with Crippen LogP contribution in [0.2, 0.25) is 5.02 Å². The van der Waals surface area contributed by atoms with E-state index >= 15 is 0 Å². The van der Waals surface area contributed by atoms with E-state index in [-0.39, 0.29) is 12.6 Å². The summed E-state index contributed by atoms with van der Waals surface area (Å²) in [5.74, 6) is -1.48. The highest BCUT2D eigenvalue weighted by Gasteiger charge is 2.18. The molecule has 2 N–H and O–H groups in total. The third kappa shape index (κ3) is 6.04. The van der Waals surface area contributed by atoms with Crippen LogP contribution in [0, 0.1) is 5.92 Å². The Labute approximate surface area is 129 Å². The number of hydrogen-bond donors (Lipinski definition) is 2. The minimum absolute atomic E-state index is 0.207. The molecule has 0 aromatic heterocycles. The predicted octanol–water partition coefficient (Wildman–Crippen LogP) is 2.63. The lowest BCUT2D eigenvalue weighted by molar-refractivity contribution is -0.141. The maximum absolute atomic E-state index is 12.0. The Morgan fingerprint density at radius 1 is 1.33 bits per heavy atom. The van der Waals surface area contributed by atoms with Crippen molar-refractivity contribution >= 4 is 23.6 Å². The Balaban J connectivity index is 2.40. The Kier molecular flexibility index (Phi) is 7.02. The molecule has 0 aliphatic heterocycles. The number of nitrogens with one attached hydrogen (secondary N) is 1. The van der Waals surface area contributed by atoms with Crippen LogP contribution >= 0.6 is 11.6 Å². The quantitative estimate of drug-likeness (QED) is 0.813. The summed E-state index contributed by atoms with van der Waals surface area (Å²) < 4.78 is 0. The van der Waals surface area contributed by atoms with E-state index in [1.807, 2.05) is 31.2 Å². The molecule has 0 saturated heterocycles. The molecule has 6 heteroatoms. The van der Waals surface area contributed by atoms with Gasteiger partial charge in [0.25, 0.3) is 0 Å². The molecule has 2 amide bonds. The van der Waals surface area contributed by atoms with E-state index < -0.39 is 11.9 Å². The van der Waals surface area contributed by atoms with Crippen molar-refractivity contribution in [3.8, 4) is 0 Å². The number of halogens is 1. The molecular formula is C15H21ClN2O3. The SMILES string of the molecule is CCN(CC(C)C(=O)O)C(=O)NCCc1ccc(Cl)cc1. The highest BCUT2D eigenvalue weighted by Crippen LogP contribution is 2.09. The number of benzene rings is 1. The molecule has 0 bridgehead atoms. The standard InChI is InChI=1S/C15H21ClN2O3/c1-3-18(10-11(2)14(19)20)15(21)17-9-8-12-4-6-13(16)7-5-12/h4-7,11H,3,8-10H2,1-2H3,(H,17,21)(H,19,20). The fraction of sp³-hybridized carbons (Fsp3) is 0.467. The van der Waals surface area contributed by atoms with Crippen LogP contribution in [0.4, 0.5) is 4.79 Å². The minimum Gasteiger partial charge on any atom is -0.481 e. The van der Waals surface area contributed by atoms with E-state index in [0.717, 1.165) is 5.56 Å². The van der Waals surface area contributed by atoms with Gasteiger partial charge in [-0.05, 0) is 31.0 Å². The second kappa shape index (κ2) is 8.52. The average Bonchev–Trinajstić information content (AvgIpc) is 2.46. The molecule has 1 aromatic carbocycles. The van der Waals surface area contributed by atoms with Gasteiger partial charge in [0.15, 0.2) is 0 Å². The van der Waals surface area contributed by atoms with Crippen LogP contribution in [0.1, 0.15) is 19.4 Å². The second-order valence-corrected chi connectivity index (χ2v) is 5.32. The zero-order chi connectivity index (χ0) is 15.8. The van der Waals surface area contributed by atoms with Crippen LogP contribution in [-0.2, 0) is 11.2 Å². The molecule has 1 rings (SSSR count). The molecular weight excluding hydrogens is 292 g/mol. The third-order valence-electron chi connectivity index (χ3n) is 3.19. The van der Waals surface area contributed by atoms with Crippen molar-refractivity contribution in [2.24, 2.45) is 5.92 Å². The summed E-state index contributed by atoms with van der Waals surface area (Å²) in [5, 5.41) is 12.4. The summed E-state index contributed by atoms with van der Waals surface area (Å²) in [6.45, 7) is 4.60. The molecule has 0 fully saturated rings. The number of carbonyl (C=O) groups is 2. The van der Waals surface area contributed by atoms with E-state index in [4.69, 9.17) is 16.7 Å². The van der Waals surface area contributed by atoms with Crippen LogP contribution in [0.5, 0.6) is 0 Å². The lowest BCUT2D eigenvalue weighted by Crippen LogP contribution is -2.43. The van der Waals surface area contributed by atoms with Gasteiger partial charge in [0.2, 0.25) is 0 Å². The first kappa shape index (κ1) is 17.3. The molecule has 0 saturated carbocycles. The molecule has 1 aromatic rings. The first-order chi connectivity index (χ1) is 9.93. The first-order valence-corrected chi connectivity index (χ1v) is 7.31. The fourth-order valence-electron chi connectivity index (χ4n) is 1.84.